The molecule has 0 atom stereocenters. The lowest BCUT2D eigenvalue weighted by Crippen LogP contribution is -2.05. The summed E-state index contributed by atoms with van der Waals surface area (Å²) >= 11 is 1.79. The minimum Gasteiger partial charge on any atom is -0.370 e. The second-order valence-corrected chi connectivity index (χ2v) is 5.29. The maximum atomic E-state index is 4.24. The second kappa shape index (κ2) is 7.09. The molecule has 2 aromatic heterocycles. The Morgan fingerprint density at radius 3 is 2.68 bits per heavy atom. The van der Waals surface area contributed by atoms with Crippen molar-refractivity contribution in [3.05, 3.63) is 34.3 Å². The van der Waals surface area contributed by atoms with Crippen molar-refractivity contribution in [2.45, 2.75) is 33.2 Å². The van der Waals surface area contributed by atoms with Gasteiger partial charge in [-0.25, -0.2) is 9.97 Å². The van der Waals surface area contributed by atoms with Crippen LogP contribution in [0.5, 0.6) is 0 Å². The third kappa shape index (κ3) is 3.92. The molecule has 2 aromatic rings. The van der Waals surface area contributed by atoms with Gasteiger partial charge >= 0.3 is 0 Å². The molecular weight excluding hydrogens is 256 g/mol. The predicted octanol–water partition coefficient (Wildman–Crippen LogP) is 3.53. The highest BCUT2D eigenvalue weighted by Gasteiger charge is 2.03. The molecule has 2 heterocycles. The smallest absolute Gasteiger partial charge is 0.131 e. The van der Waals surface area contributed by atoms with E-state index in [9.17, 15) is 0 Å². The van der Waals surface area contributed by atoms with E-state index in [0.717, 1.165) is 37.6 Å². The summed E-state index contributed by atoms with van der Waals surface area (Å²) < 4.78 is 0. The Balaban J connectivity index is 1.95. The van der Waals surface area contributed by atoms with Crippen LogP contribution in [0, 0.1) is 0 Å². The number of hydrogen-bond acceptors (Lipinski definition) is 5. The van der Waals surface area contributed by atoms with Gasteiger partial charge in [-0.2, -0.15) is 0 Å². The molecule has 2 rings (SSSR count). The zero-order valence-electron chi connectivity index (χ0n) is 11.4. The Hall–Kier alpha value is -1.62. The number of aromatic nitrogens is 2. The zero-order chi connectivity index (χ0) is 13.5. The molecule has 0 aliphatic rings. The topological polar surface area (TPSA) is 49.8 Å². The fourth-order valence-corrected chi connectivity index (χ4v) is 2.73. The number of thiophene rings is 1. The molecule has 0 aromatic carbocycles. The minimum absolute atomic E-state index is 0.824. The first kappa shape index (κ1) is 13.8. The molecule has 0 spiro atoms. The lowest BCUT2D eigenvalue weighted by molar-refractivity contribution is 0.963. The van der Waals surface area contributed by atoms with Crippen molar-refractivity contribution in [3.8, 4) is 0 Å². The highest BCUT2D eigenvalue weighted by atomic mass is 32.1. The van der Waals surface area contributed by atoms with Crippen molar-refractivity contribution in [2.75, 3.05) is 17.2 Å². The van der Waals surface area contributed by atoms with E-state index in [4.69, 9.17) is 0 Å². The van der Waals surface area contributed by atoms with Gasteiger partial charge in [-0.05, 0) is 29.9 Å². The highest BCUT2D eigenvalue weighted by Crippen LogP contribution is 2.19. The summed E-state index contributed by atoms with van der Waals surface area (Å²) in [6, 6.07) is 4.14. The van der Waals surface area contributed by atoms with Gasteiger partial charge in [-0.1, -0.05) is 13.8 Å². The number of nitrogens with one attached hydrogen (secondary N) is 2. The van der Waals surface area contributed by atoms with Crippen molar-refractivity contribution < 1.29 is 0 Å². The van der Waals surface area contributed by atoms with Crippen LogP contribution in [-0.2, 0) is 13.0 Å². The maximum Gasteiger partial charge on any atom is 0.131 e. The quantitative estimate of drug-likeness (QED) is 0.812. The average Bonchev–Trinajstić information content (AvgIpc) is 2.91. The molecule has 0 amide bonds. The SMILES string of the molecule is CCCNc1cc(NCc2sccc2CC)ncn1. The molecule has 0 unspecified atom stereocenters. The van der Waals surface area contributed by atoms with Crippen LogP contribution < -0.4 is 10.6 Å². The Labute approximate surface area is 118 Å². The zero-order valence-corrected chi connectivity index (χ0v) is 12.3. The number of anilines is 2. The summed E-state index contributed by atoms with van der Waals surface area (Å²) in [5.74, 6) is 1.74. The fraction of sp³-hybridized carbons (Fsp3) is 0.429. The molecule has 2 N–H and O–H groups in total. The standard InChI is InChI=1S/C14H20N4S/c1-3-6-15-13-8-14(18-10-17-13)16-9-12-11(4-2)5-7-19-12/h5,7-8,10H,3-4,6,9H2,1-2H3,(H2,15,16,17,18). The monoisotopic (exact) mass is 276 g/mol. The molecule has 19 heavy (non-hydrogen) atoms. The third-order valence-corrected chi connectivity index (χ3v) is 3.84. The van der Waals surface area contributed by atoms with E-state index >= 15 is 0 Å². The molecule has 0 saturated carbocycles. The van der Waals surface area contributed by atoms with Gasteiger partial charge in [-0.3, -0.25) is 0 Å². The first-order chi connectivity index (χ1) is 9.33. The first-order valence-corrected chi connectivity index (χ1v) is 7.56. The predicted molar refractivity (Wildman–Crippen MR) is 81.8 cm³/mol. The Morgan fingerprint density at radius 2 is 1.95 bits per heavy atom. The third-order valence-electron chi connectivity index (χ3n) is 2.87. The minimum atomic E-state index is 0.824. The largest absolute Gasteiger partial charge is 0.370 e. The van der Waals surface area contributed by atoms with Crippen LogP contribution in [0.2, 0.25) is 0 Å². The van der Waals surface area contributed by atoms with Crippen LogP contribution in [0.1, 0.15) is 30.7 Å². The Kier molecular flexibility index (Phi) is 5.15. The summed E-state index contributed by atoms with van der Waals surface area (Å²) in [5.41, 5.74) is 1.41. The van der Waals surface area contributed by atoms with Crippen molar-refractivity contribution in [1.29, 1.82) is 0 Å². The molecule has 0 aliphatic carbocycles. The van der Waals surface area contributed by atoms with Gasteiger partial charge in [0.25, 0.3) is 0 Å². The van der Waals surface area contributed by atoms with Crippen LogP contribution in [-0.4, -0.2) is 16.5 Å². The van der Waals surface area contributed by atoms with E-state index in [1.165, 1.54) is 10.4 Å². The Morgan fingerprint density at radius 1 is 1.16 bits per heavy atom. The summed E-state index contributed by atoms with van der Waals surface area (Å²) in [5, 5.41) is 8.76. The summed E-state index contributed by atoms with van der Waals surface area (Å²) in [7, 11) is 0. The normalized spacial score (nSPS) is 10.4. The molecule has 5 heteroatoms. The molecule has 0 aliphatic heterocycles. The van der Waals surface area contributed by atoms with Gasteiger partial charge in [0.15, 0.2) is 0 Å². The lowest BCUT2D eigenvalue weighted by Gasteiger charge is -2.08. The van der Waals surface area contributed by atoms with Crippen LogP contribution in [0.3, 0.4) is 0 Å². The van der Waals surface area contributed by atoms with E-state index in [2.05, 4.69) is 45.9 Å². The van der Waals surface area contributed by atoms with Gasteiger partial charge in [0.05, 0.1) is 6.54 Å². The van der Waals surface area contributed by atoms with Gasteiger partial charge in [0.2, 0.25) is 0 Å². The molecule has 4 nitrogen and oxygen atoms in total. The lowest BCUT2D eigenvalue weighted by atomic mass is 10.2. The van der Waals surface area contributed by atoms with E-state index in [1.807, 2.05) is 6.07 Å². The van der Waals surface area contributed by atoms with Crippen molar-refractivity contribution in [3.63, 3.8) is 0 Å². The van der Waals surface area contributed by atoms with Crippen molar-refractivity contribution >= 4 is 23.0 Å². The summed E-state index contributed by atoms with van der Waals surface area (Å²) in [6.07, 6.45) is 3.75. The molecule has 0 radical (unpaired) electrons. The van der Waals surface area contributed by atoms with Crippen LogP contribution >= 0.6 is 11.3 Å². The highest BCUT2D eigenvalue weighted by molar-refractivity contribution is 7.10. The van der Waals surface area contributed by atoms with Gasteiger partial charge in [0, 0.05) is 17.5 Å². The summed E-state index contributed by atoms with van der Waals surface area (Å²) in [4.78, 5) is 9.82. The number of aryl methyl sites for hydroxylation is 1. The Bertz CT molecular complexity index is 510. The molecule has 0 bridgehead atoms. The van der Waals surface area contributed by atoms with Crippen LogP contribution in [0.15, 0.2) is 23.8 Å². The molecule has 0 fully saturated rings. The summed E-state index contributed by atoms with van der Waals surface area (Å²) in [6.45, 7) is 6.08. The van der Waals surface area contributed by atoms with E-state index < -0.39 is 0 Å². The van der Waals surface area contributed by atoms with Gasteiger partial charge < -0.3 is 10.6 Å². The van der Waals surface area contributed by atoms with Crippen molar-refractivity contribution in [1.82, 2.24) is 9.97 Å². The molecular formula is C14H20N4S. The number of nitrogens with zero attached hydrogens (tertiary/aromatic N) is 2. The average molecular weight is 276 g/mol. The molecule has 0 saturated heterocycles. The first-order valence-electron chi connectivity index (χ1n) is 6.68. The van der Waals surface area contributed by atoms with E-state index in [0.29, 0.717) is 0 Å². The van der Waals surface area contributed by atoms with Gasteiger partial charge in [0.1, 0.15) is 18.0 Å². The number of hydrogen-bond donors (Lipinski definition) is 2. The van der Waals surface area contributed by atoms with E-state index in [-0.39, 0.29) is 0 Å². The van der Waals surface area contributed by atoms with Crippen LogP contribution in [0.25, 0.3) is 0 Å². The maximum absolute atomic E-state index is 4.24. The molecule has 102 valence electrons. The second-order valence-electron chi connectivity index (χ2n) is 4.29. The fourth-order valence-electron chi connectivity index (χ4n) is 1.81. The van der Waals surface area contributed by atoms with Crippen LogP contribution in [0.4, 0.5) is 11.6 Å². The van der Waals surface area contributed by atoms with Crippen molar-refractivity contribution in [2.24, 2.45) is 0 Å². The number of rotatable bonds is 7. The van der Waals surface area contributed by atoms with Gasteiger partial charge in [-0.15, -0.1) is 11.3 Å². The van der Waals surface area contributed by atoms with E-state index in [1.54, 1.807) is 17.7 Å².